The molecule has 19 heavy (non-hydrogen) atoms. The highest BCUT2D eigenvalue weighted by molar-refractivity contribution is 7.90. The first kappa shape index (κ1) is 17.8. The van der Waals surface area contributed by atoms with Crippen LogP contribution in [0, 0.1) is 0 Å². The van der Waals surface area contributed by atoms with Gasteiger partial charge in [-0.25, -0.2) is 8.42 Å². The molecule has 0 saturated carbocycles. The molecule has 1 unspecified atom stereocenters. The van der Waals surface area contributed by atoms with Gasteiger partial charge in [-0.2, -0.15) is 4.31 Å². The molecule has 0 rings (SSSR count). The molecule has 8 heteroatoms. The predicted molar refractivity (Wildman–Crippen MR) is 69.1 cm³/mol. The van der Waals surface area contributed by atoms with E-state index in [4.69, 9.17) is 5.11 Å². The van der Waals surface area contributed by atoms with Crippen molar-refractivity contribution in [3.05, 3.63) is 0 Å². The lowest BCUT2D eigenvalue weighted by molar-refractivity contribution is -0.140. The van der Waals surface area contributed by atoms with Crippen molar-refractivity contribution in [1.82, 2.24) is 4.31 Å². The average molecular weight is 295 g/mol. The second-order valence-corrected chi connectivity index (χ2v) is 6.62. The van der Waals surface area contributed by atoms with Crippen LogP contribution in [0.2, 0.25) is 0 Å². The van der Waals surface area contributed by atoms with Crippen LogP contribution in [-0.2, 0) is 24.3 Å². The fourth-order valence-electron chi connectivity index (χ4n) is 1.56. The highest BCUT2D eigenvalue weighted by Crippen LogP contribution is 2.15. The summed E-state index contributed by atoms with van der Waals surface area (Å²) in [6.45, 7) is 4.66. The van der Waals surface area contributed by atoms with Gasteiger partial charge in [0, 0.05) is 19.0 Å². The molecule has 0 aliphatic rings. The molecule has 0 aliphatic carbocycles. The number of hydrogen-bond acceptors (Lipinski definition) is 5. The fourth-order valence-corrected chi connectivity index (χ4v) is 3.27. The molecular formula is C11H21NO6S. The third-order valence-electron chi connectivity index (χ3n) is 2.65. The average Bonchev–Trinajstić information content (AvgIpc) is 2.31. The van der Waals surface area contributed by atoms with Gasteiger partial charge in [0.1, 0.15) is 0 Å². The van der Waals surface area contributed by atoms with E-state index in [9.17, 15) is 18.0 Å². The molecule has 0 amide bonds. The van der Waals surface area contributed by atoms with Gasteiger partial charge < -0.3 is 9.84 Å². The zero-order chi connectivity index (χ0) is 15.2. The summed E-state index contributed by atoms with van der Waals surface area (Å²) in [5.74, 6) is -1.81. The molecule has 0 aromatic heterocycles. The van der Waals surface area contributed by atoms with Crippen LogP contribution in [0.4, 0.5) is 0 Å². The molecule has 0 aromatic rings. The Bertz CT molecular complexity index is 417. The van der Waals surface area contributed by atoms with Crippen LogP contribution < -0.4 is 0 Å². The van der Waals surface area contributed by atoms with E-state index < -0.39 is 27.2 Å². The van der Waals surface area contributed by atoms with Crippen molar-refractivity contribution in [2.24, 2.45) is 0 Å². The highest BCUT2D eigenvalue weighted by Gasteiger charge is 2.35. The van der Waals surface area contributed by atoms with E-state index in [1.165, 1.54) is 6.92 Å². The lowest BCUT2D eigenvalue weighted by Gasteiger charge is -2.27. The van der Waals surface area contributed by atoms with Crippen molar-refractivity contribution in [2.75, 3.05) is 13.7 Å². The van der Waals surface area contributed by atoms with Crippen LogP contribution in [0.15, 0.2) is 0 Å². The lowest BCUT2D eigenvalue weighted by Crippen LogP contribution is -2.45. The monoisotopic (exact) mass is 295 g/mol. The summed E-state index contributed by atoms with van der Waals surface area (Å²) >= 11 is 0. The number of carboxylic acid groups (broad SMARTS) is 1. The van der Waals surface area contributed by atoms with Crippen molar-refractivity contribution in [2.45, 2.75) is 44.9 Å². The van der Waals surface area contributed by atoms with Crippen LogP contribution in [-0.4, -0.2) is 54.7 Å². The van der Waals surface area contributed by atoms with Gasteiger partial charge in [-0.15, -0.1) is 0 Å². The predicted octanol–water partition coefficient (Wildman–Crippen LogP) is 0.453. The third-order valence-corrected chi connectivity index (χ3v) is 5.00. The number of hydrogen-bond donors (Lipinski definition) is 1. The van der Waals surface area contributed by atoms with Crippen molar-refractivity contribution < 1.29 is 27.9 Å². The number of ether oxygens (including phenoxy) is 1. The molecule has 7 nitrogen and oxygen atoms in total. The zero-order valence-corrected chi connectivity index (χ0v) is 12.4. The number of aliphatic carboxylic acids is 1. The number of sulfonamides is 1. The van der Waals surface area contributed by atoms with E-state index >= 15 is 0 Å². The van der Waals surface area contributed by atoms with Crippen LogP contribution in [0.3, 0.4) is 0 Å². The normalized spacial score (nSPS) is 13.6. The second-order valence-electron chi connectivity index (χ2n) is 4.41. The molecule has 112 valence electrons. The molecule has 0 aromatic carbocycles. The molecule has 0 heterocycles. The SMILES string of the molecule is COC(=O)C(C)S(=O)(=O)N(CCCC(=O)O)C(C)C. The summed E-state index contributed by atoms with van der Waals surface area (Å²) in [5.41, 5.74) is 0. The van der Waals surface area contributed by atoms with Crippen LogP contribution in [0.25, 0.3) is 0 Å². The van der Waals surface area contributed by atoms with Gasteiger partial charge in [0.2, 0.25) is 10.0 Å². The van der Waals surface area contributed by atoms with Crippen molar-refractivity contribution in [3.63, 3.8) is 0 Å². The van der Waals surface area contributed by atoms with E-state index in [1.807, 2.05) is 0 Å². The van der Waals surface area contributed by atoms with E-state index in [-0.39, 0.29) is 25.4 Å². The van der Waals surface area contributed by atoms with E-state index in [2.05, 4.69) is 4.74 Å². The van der Waals surface area contributed by atoms with Gasteiger partial charge in [-0.3, -0.25) is 9.59 Å². The molecular weight excluding hydrogens is 274 g/mol. The van der Waals surface area contributed by atoms with Crippen LogP contribution in [0.5, 0.6) is 0 Å². The molecule has 1 atom stereocenters. The minimum Gasteiger partial charge on any atom is -0.481 e. The molecule has 1 N–H and O–H groups in total. The number of carbonyl (C=O) groups is 2. The summed E-state index contributed by atoms with van der Waals surface area (Å²) in [5, 5.41) is 7.26. The summed E-state index contributed by atoms with van der Waals surface area (Å²) < 4.78 is 30.0. The number of rotatable bonds is 8. The maximum atomic E-state index is 12.2. The number of methoxy groups -OCH3 is 1. The zero-order valence-electron chi connectivity index (χ0n) is 11.6. The number of carboxylic acids is 1. The van der Waals surface area contributed by atoms with Crippen LogP contribution in [0.1, 0.15) is 33.6 Å². The topological polar surface area (TPSA) is 101 Å². The number of carbonyl (C=O) groups excluding carboxylic acids is 1. The minimum absolute atomic E-state index is 0.0631. The first-order valence-electron chi connectivity index (χ1n) is 5.94. The van der Waals surface area contributed by atoms with E-state index in [0.29, 0.717) is 0 Å². The maximum Gasteiger partial charge on any atom is 0.325 e. The highest BCUT2D eigenvalue weighted by atomic mass is 32.2. The molecule has 0 bridgehead atoms. The Labute approximate surface area is 113 Å². The van der Waals surface area contributed by atoms with Gasteiger partial charge in [0.25, 0.3) is 0 Å². The largest absolute Gasteiger partial charge is 0.481 e. The molecule has 0 fully saturated rings. The Hall–Kier alpha value is -1.15. The first-order chi connectivity index (χ1) is 8.64. The standard InChI is InChI=1S/C11H21NO6S/c1-8(2)12(7-5-6-10(13)14)19(16,17)9(3)11(15)18-4/h8-9H,5-7H2,1-4H3,(H,13,14). The lowest BCUT2D eigenvalue weighted by atomic mass is 10.3. The van der Waals surface area contributed by atoms with Gasteiger partial charge in [-0.05, 0) is 27.2 Å². The Morgan fingerprint density at radius 1 is 1.26 bits per heavy atom. The third kappa shape index (κ3) is 5.15. The van der Waals surface area contributed by atoms with E-state index in [0.717, 1.165) is 11.4 Å². The Kier molecular flexibility index (Phi) is 6.99. The molecule has 0 saturated heterocycles. The number of esters is 1. The molecule has 0 aliphatic heterocycles. The Morgan fingerprint density at radius 3 is 2.16 bits per heavy atom. The van der Waals surface area contributed by atoms with Crippen molar-refractivity contribution in [3.8, 4) is 0 Å². The summed E-state index contributed by atoms with van der Waals surface area (Å²) in [4.78, 5) is 21.8. The molecule has 0 spiro atoms. The summed E-state index contributed by atoms with van der Waals surface area (Å²) in [6.07, 6.45) is 0.0754. The summed E-state index contributed by atoms with van der Waals surface area (Å²) in [6, 6.07) is -0.356. The first-order valence-corrected chi connectivity index (χ1v) is 7.45. The van der Waals surface area contributed by atoms with Crippen LogP contribution >= 0.6 is 0 Å². The smallest absolute Gasteiger partial charge is 0.325 e. The quantitative estimate of drug-likeness (QED) is 0.653. The Balaban J connectivity index is 4.96. The van der Waals surface area contributed by atoms with Gasteiger partial charge in [-0.1, -0.05) is 0 Å². The second kappa shape index (κ2) is 7.44. The van der Waals surface area contributed by atoms with Crippen molar-refractivity contribution >= 4 is 22.0 Å². The maximum absolute atomic E-state index is 12.2. The van der Waals surface area contributed by atoms with Gasteiger partial charge >= 0.3 is 11.9 Å². The van der Waals surface area contributed by atoms with Crippen molar-refractivity contribution in [1.29, 1.82) is 0 Å². The Morgan fingerprint density at radius 2 is 1.79 bits per heavy atom. The molecule has 0 radical (unpaired) electrons. The van der Waals surface area contributed by atoms with Gasteiger partial charge in [0.15, 0.2) is 5.25 Å². The fraction of sp³-hybridized carbons (Fsp3) is 0.818. The minimum atomic E-state index is -3.84. The summed E-state index contributed by atoms with van der Waals surface area (Å²) in [7, 11) is -2.72. The number of nitrogens with zero attached hydrogens (tertiary/aromatic N) is 1. The van der Waals surface area contributed by atoms with E-state index in [1.54, 1.807) is 13.8 Å². The van der Waals surface area contributed by atoms with Gasteiger partial charge in [0.05, 0.1) is 7.11 Å².